The Morgan fingerprint density at radius 1 is 1.56 bits per heavy atom. The van der Waals surface area contributed by atoms with Gasteiger partial charge in [-0.15, -0.1) is 0 Å². The molecule has 1 amide bonds. The van der Waals surface area contributed by atoms with Crippen LogP contribution < -0.4 is 15.4 Å². The highest BCUT2D eigenvalue weighted by Gasteiger charge is 2.28. The fourth-order valence-corrected chi connectivity index (χ4v) is 2.42. The van der Waals surface area contributed by atoms with Crippen molar-refractivity contribution in [2.24, 2.45) is 11.7 Å². The van der Waals surface area contributed by atoms with Crippen molar-refractivity contribution in [1.29, 1.82) is 0 Å². The van der Waals surface area contributed by atoms with E-state index in [1.165, 1.54) is 0 Å². The first-order chi connectivity index (χ1) is 8.52. The van der Waals surface area contributed by atoms with Gasteiger partial charge in [-0.1, -0.05) is 11.6 Å². The molecule has 5 heteroatoms. The standard InChI is InChI=1S/C13H17ClN2O2/c1-8-5-11(12(18-2)6-10(8)14)16-4-3-9(7-16)13(15)17/h5-6,9H,3-4,7H2,1-2H3,(H2,15,17). The van der Waals surface area contributed by atoms with Crippen LogP contribution in [-0.2, 0) is 4.79 Å². The van der Waals surface area contributed by atoms with Gasteiger partial charge in [-0.25, -0.2) is 0 Å². The number of halogens is 1. The SMILES string of the molecule is COc1cc(Cl)c(C)cc1N1CCC(C(N)=O)C1. The molecule has 0 aliphatic carbocycles. The van der Waals surface area contributed by atoms with Crippen LogP contribution in [0.5, 0.6) is 5.75 Å². The first-order valence-corrected chi connectivity index (χ1v) is 6.29. The molecule has 98 valence electrons. The molecule has 1 aliphatic rings. The highest BCUT2D eigenvalue weighted by atomic mass is 35.5. The summed E-state index contributed by atoms with van der Waals surface area (Å²) in [7, 11) is 1.62. The quantitative estimate of drug-likeness (QED) is 0.912. The highest BCUT2D eigenvalue weighted by Crippen LogP contribution is 2.36. The Labute approximate surface area is 112 Å². The lowest BCUT2D eigenvalue weighted by atomic mass is 10.1. The van der Waals surface area contributed by atoms with Crippen molar-refractivity contribution in [3.63, 3.8) is 0 Å². The molecule has 1 heterocycles. The summed E-state index contributed by atoms with van der Waals surface area (Å²) in [4.78, 5) is 13.3. The van der Waals surface area contributed by atoms with Gasteiger partial charge in [0.2, 0.25) is 5.91 Å². The van der Waals surface area contributed by atoms with Crippen LogP contribution in [0.2, 0.25) is 5.02 Å². The van der Waals surface area contributed by atoms with Gasteiger partial charge in [0.15, 0.2) is 0 Å². The summed E-state index contributed by atoms with van der Waals surface area (Å²) in [5, 5.41) is 0.682. The second-order valence-corrected chi connectivity index (χ2v) is 5.01. The van der Waals surface area contributed by atoms with E-state index < -0.39 is 0 Å². The lowest BCUT2D eigenvalue weighted by molar-refractivity contribution is -0.121. The molecule has 0 radical (unpaired) electrons. The number of aryl methyl sites for hydroxylation is 1. The number of nitrogens with zero attached hydrogens (tertiary/aromatic N) is 1. The average Bonchev–Trinajstić information content (AvgIpc) is 2.81. The Kier molecular flexibility index (Phi) is 3.66. The van der Waals surface area contributed by atoms with Crippen molar-refractivity contribution in [2.45, 2.75) is 13.3 Å². The molecule has 1 aliphatic heterocycles. The van der Waals surface area contributed by atoms with Gasteiger partial charge in [0, 0.05) is 24.2 Å². The number of primary amides is 1. The second kappa shape index (κ2) is 5.06. The summed E-state index contributed by atoms with van der Waals surface area (Å²) < 4.78 is 5.35. The van der Waals surface area contributed by atoms with Crippen molar-refractivity contribution in [3.8, 4) is 5.75 Å². The molecule has 1 unspecified atom stereocenters. The molecule has 1 fully saturated rings. The van der Waals surface area contributed by atoms with Gasteiger partial charge < -0.3 is 15.4 Å². The van der Waals surface area contributed by atoms with E-state index in [2.05, 4.69) is 4.90 Å². The first kappa shape index (κ1) is 13.0. The number of carbonyl (C=O) groups excluding carboxylic acids is 1. The smallest absolute Gasteiger partial charge is 0.222 e. The van der Waals surface area contributed by atoms with E-state index in [1.54, 1.807) is 7.11 Å². The van der Waals surface area contributed by atoms with Crippen LogP contribution in [0, 0.1) is 12.8 Å². The summed E-state index contributed by atoms with van der Waals surface area (Å²) in [6, 6.07) is 3.80. The Hall–Kier alpha value is -1.42. The minimum absolute atomic E-state index is 0.0781. The zero-order chi connectivity index (χ0) is 13.3. The number of carbonyl (C=O) groups is 1. The molecule has 0 aromatic heterocycles. The van der Waals surface area contributed by atoms with E-state index in [0.29, 0.717) is 11.6 Å². The maximum Gasteiger partial charge on any atom is 0.222 e. The molecule has 4 nitrogen and oxygen atoms in total. The summed E-state index contributed by atoms with van der Waals surface area (Å²) in [5.74, 6) is 0.420. The number of hydrogen-bond donors (Lipinski definition) is 1. The average molecular weight is 269 g/mol. The van der Waals surface area contributed by atoms with E-state index in [1.807, 2.05) is 19.1 Å². The topological polar surface area (TPSA) is 55.6 Å². The predicted octanol–water partition coefficient (Wildman–Crippen LogP) is 1.97. The molecule has 1 aromatic carbocycles. The van der Waals surface area contributed by atoms with Gasteiger partial charge in [0.25, 0.3) is 0 Å². The van der Waals surface area contributed by atoms with E-state index in [9.17, 15) is 4.79 Å². The summed E-state index contributed by atoms with van der Waals surface area (Å²) in [6.45, 7) is 3.41. The van der Waals surface area contributed by atoms with Crippen LogP contribution in [0.1, 0.15) is 12.0 Å². The van der Waals surface area contributed by atoms with E-state index in [4.69, 9.17) is 22.1 Å². The number of methoxy groups -OCH3 is 1. The summed E-state index contributed by atoms with van der Waals surface area (Å²) in [5.41, 5.74) is 7.32. The van der Waals surface area contributed by atoms with Crippen LogP contribution in [0.15, 0.2) is 12.1 Å². The highest BCUT2D eigenvalue weighted by molar-refractivity contribution is 6.31. The Morgan fingerprint density at radius 2 is 2.28 bits per heavy atom. The number of hydrogen-bond acceptors (Lipinski definition) is 3. The monoisotopic (exact) mass is 268 g/mol. The number of ether oxygens (including phenoxy) is 1. The van der Waals surface area contributed by atoms with E-state index >= 15 is 0 Å². The summed E-state index contributed by atoms with van der Waals surface area (Å²) >= 11 is 6.08. The molecule has 1 aromatic rings. The van der Waals surface area contributed by atoms with Crippen LogP contribution in [0.4, 0.5) is 5.69 Å². The second-order valence-electron chi connectivity index (χ2n) is 4.61. The number of nitrogens with two attached hydrogens (primary N) is 1. The van der Waals surface area contributed by atoms with Gasteiger partial charge in [0.05, 0.1) is 18.7 Å². The van der Waals surface area contributed by atoms with Gasteiger partial charge >= 0.3 is 0 Å². The molecule has 1 atom stereocenters. The van der Waals surface area contributed by atoms with Gasteiger partial charge in [-0.2, -0.15) is 0 Å². The number of benzene rings is 1. The Bertz CT molecular complexity index is 476. The maximum atomic E-state index is 11.2. The Morgan fingerprint density at radius 3 is 2.83 bits per heavy atom. The Balaban J connectivity index is 2.29. The maximum absolute atomic E-state index is 11.2. The predicted molar refractivity (Wildman–Crippen MR) is 72.3 cm³/mol. The van der Waals surface area contributed by atoms with Gasteiger partial charge in [-0.3, -0.25) is 4.79 Å². The number of anilines is 1. The largest absolute Gasteiger partial charge is 0.495 e. The third kappa shape index (κ3) is 2.38. The minimum Gasteiger partial charge on any atom is -0.495 e. The van der Waals surface area contributed by atoms with Crippen molar-refractivity contribution in [1.82, 2.24) is 0 Å². The summed E-state index contributed by atoms with van der Waals surface area (Å²) in [6.07, 6.45) is 0.792. The normalized spacial score (nSPS) is 19.1. The van der Waals surface area contributed by atoms with Crippen LogP contribution in [0.25, 0.3) is 0 Å². The van der Waals surface area contributed by atoms with E-state index in [-0.39, 0.29) is 11.8 Å². The van der Waals surface area contributed by atoms with Crippen molar-refractivity contribution in [2.75, 3.05) is 25.1 Å². The molecular weight excluding hydrogens is 252 g/mol. The van der Waals surface area contributed by atoms with Crippen LogP contribution in [0.3, 0.4) is 0 Å². The third-order valence-corrected chi connectivity index (χ3v) is 3.80. The van der Waals surface area contributed by atoms with Gasteiger partial charge in [-0.05, 0) is 25.0 Å². The molecule has 1 saturated heterocycles. The fourth-order valence-electron chi connectivity index (χ4n) is 2.27. The van der Waals surface area contributed by atoms with E-state index in [0.717, 1.165) is 30.0 Å². The van der Waals surface area contributed by atoms with Crippen molar-refractivity contribution >= 4 is 23.2 Å². The molecule has 18 heavy (non-hydrogen) atoms. The van der Waals surface area contributed by atoms with Crippen molar-refractivity contribution < 1.29 is 9.53 Å². The zero-order valence-corrected chi connectivity index (χ0v) is 11.3. The third-order valence-electron chi connectivity index (χ3n) is 3.39. The molecule has 2 rings (SSSR count). The number of rotatable bonds is 3. The van der Waals surface area contributed by atoms with Crippen molar-refractivity contribution in [3.05, 3.63) is 22.7 Å². The molecule has 0 bridgehead atoms. The number of amides is 1. The molecule has 2 N–H and O–H groups in total. The zero-order valence-electron chi connectivity index (χ0n) is 10.6. The molecule has 0 saturated carbocycles. The lowest BCUT2D eigenvalue weighted by Crippen LogP contribution is -2.27. The van der Waals surface area contributed by atoms with Crippen LogP contribution in [-0.4, -0.2) is 26.1 Å². The first-order valence-electron chi connectivity index (χ1n) is 5.91. The molecule has 0 spiro atoms. The fraction of sp³-hybridized carbons (Fsp3) is 0.462. The molecular formula is C13H17ClN2O2. The minimum atomic E-state index is -0.234. The van der Waals surface area contributed by atoms with Gasteiger partial charge in [0.1, 0.15) is 5.75 Å². The van der Waals surface area contributed by atoms with Crippen LogP contribution >= 0.6 is 11.6 Å². The lowest BCUT2D eigenvalue weighted by Gasteiger charge is -2.22.